The van der Waals surface area contributed by atoms with Gasteiger partial charge in [-0.25, -0.2) is 4.79 Å². The van der Waals surface area contributed by atoms with Gasteiger partial charge >= 0.3 is 5.97 Å². The summed E-state index contributed by atoms with van der Waals surface area (Å²) >= 11 is 3.08. The Labute approximate surface area is 175 Å². The molecule has 0 aromatic carbocycles. The van der Waals surface area contributed by atoms with Crippen LogP contribution in [0.3, 0.4) is 0 Å². The highest BCUT2D eigenvalue weighted by molar-refractivity contribution is 14.1. The Balaban J connectivity index is 2.45. The van der Waals surface area contributed by atoms with Gasteiger partial charge in [0.15, 0.2) is 5.69 Å². The number of hydrogen-bond acceptors (Lipinski definition) is 6. The highest BCUT2D eigenvalue weighted by atomic mass is 127. The maximum Gasteiger partial charge on any atom is 0.341 e. The predicted molar refractivity (Wildman–Crippen MR) is 112 cm³/mol. The normalized spacial score (nSPS) is 10.6. The first-order valence-corrected chi connectivity index (χ1v) is 10.1. The van der Waals surface area contributed by atoms with Gasteiger partial charge in [-0.2, -0.15) is 5.10 Å². The van der Waals surface area contributed by atoms with Crippen LogP contribution in [0.15, 0.2) is 6.20 Å². The van der Waals surface area contributed by atoms with E-state index in [2.05, 4.69) is 10.4 Å². The fraction of sp³-hybridized carbons (Fsp3) is 0.412. The van der Waals surface area contributed by atoms with Crippen molar-refractivity contribution in [2.75, 3.05) is 26.0 Å². The van der Waals surface area contributed by atoms with Crippen LogP contribution in [0.25, 0.3) is 0 Å². The quantitative estimate of drug-likeness (QED) is 0.483. The molecule has 2 amide bonds. The lowest BCUT2D eigenvalue weighted by molar-refractivity contribution is 0.0506. The fourth-order valence-corrected chi connectivity index (χ4v) is 4.26. The van der Waals surface area contributed by atoms with Gasteiger partial charge in [0.2, 0.25) is 0 Å². The number of hydrogen-bond donors (Lipinski definition) is 1. The van der Waals surface area contributed by atoms with Gasteiger partial charge in [0.05, 0.1) is 20.6 Å². The van der Waals surface area contributed by atoms with E-state index < -0.39 is 11.9 Å². The summed E-state index contributed by atoms with van der Waals surface area (Å²) in [7, 11) is 4.98. The maximum atomic E-state index is 12.6. The molecule has 0 aliphatic rings. The average Bonchev–Trinajstić information content (AvgIpc) is 3.10. The molecular weight excluding hydrogens is 483 g/mol. The second-order valence-corrected chi connectivity index (χ2v) is 8.23. The molecule has 2 aromatic rings. The number of carbonyl (C=O) groups is 3. The Bertz CT molecular complexity index is 888. The molecule has 2 heterocycles. The van der Waals surface area contributed by atoms with E-state index in [0.717, 1.165) is 11.3 Å². The summed E-state index contributed by atoms with van der Waals surface area (Å²) in [5.41, 5.74) is 0.946. The number of halogens is 1. The molecule has 1 N–H and O–H groups in total. The van der Waals surface area contributed by atoms with Crippen molar-refractivity contribution >= 4 is 56.7 Å². The van der Waals surface area contributed by atoms with Gasteiger partial charge in [-0.3, -0.25) is 14.3 Å². The van der Waals surface area contributed by atoms with Crippen molar-refractivity contribution in [2.45, 2.75) is 20.3 Å². The molecule has 27 heavy (non-hydrogen) atoms. The molecule has 2 rings (SSSR count). The largest absolute Gasteiger partial charge is 0.462 e. The van der Waals surface area contributed by atoms with Crippen molar-refractivity contribution in [3.05, 3.63) is 31.5 Å². The molecule has 2 aromatic heterocycles. The summed E-state index contributed by atoms with van der Waals surface area (Å²) in [5, 5.41) is 7.14. The lowest BCUT2D eigenvalue weighted by Crippen LogP contribution is -2.21. The Kier molecular flexibility index (Phi) is 6.98. The molecule has 8 nitrogen and oxygen atoms in total. The molecule has 0 aliphatic carbocycles. The third-order valence-electron chi connectivity index (χ3n) is 3.61. The van der Waals surface area contributed by atoms with Gasteiger partial charge in [-0.05, 0) is 41.5 Å². The number of anilines is 1. The Morgan fingerprint density at radius 1 is 1.37 bits per heavy atom. The SMILES string of the molecule is CCCOC(=O)c1c(NC(=O)c2nn(C)cc2I)sc(C(=O)N(C)C)c1C. The maximum absolute atomic E-state index is 12.6. The van der Waals surface area contributed by atoms with Gasteiger partial charge < -0.3 is 15.0 Å². The monoisotopic (exact) mass is 504 g/mol. The molecule has 0 radical (unpaired) electrons. The van der Waals surface area contributed by atoms with Crippen LogP contribution in [-0.2, 0) is 11.8 Å². The van der Waals surface area contributed by atoms with Gasteiger partial charge in [0.1, 0.15) is 5.00 Å². The minimum atomic E-state index is -0.561. The van der Waals surface area contributed by atoms with Crippen LogP contribution in [0.1, 0.15) is 49.4 Å². The Morgan fingerprint density at radius 2 is 2.04 bits per heavy atom. The molecule has 146 valence electrons. The van der Waals surface area contributed by atoms with Crippen LogP contribution >= 0.6 is 33.9 Å². The summed E-state index contributed by atoms with van der Waals surface area (Å²) in [6.07, 6.45) is 2.39. The van der Waals surface area contributed by atoms with Gasteiger partial charge in [0.25, 0.3) is 11.8 Å². The number of thiophene rings is 1. The topological polar surface area (TPSA) is 93.5 Å². The molecule has 0 aliphatic heterocycles. The number of aromatic nitrogens is 2. The van der Waals surface area contributed by atoms with Crippen LogP contribution in [-0.4, -0.2) is 53.2 Å². The van der Waals surface area contributed by atoms with Crippen molar-refractivity contribution in [3.8, 4) is 0 Å². The lowest BCUT2D eigenvalue weighted by Gasteiger charge is -2.09. The Hall–Kier alpha value is -1.95. The van der Waals surface area contributed by atoms with Crippen molar-refractivity contribution < 1.29 is 19.1 Å². The number of aryl methyl sites for hydroxylation is 1. The molecule has 0 bridgehead atoms. The average molecular weight is 504 g/mol. The molecule has 0 spiro atoms. The zero-order chi connectivity index (χ0) is 20.3. The minimum absolute atomic E-state index is 0.206. The third kappa shape index (κ3) is 4.67. The number of esters is 1. The zero-order valence-corrected chi connectivity index (χ0v) is 18.7. The highest BCUT2D eigenvalue weighted by Gasteiger charge is 2.28. The second-order valence-electron chi connectivity index (χ2n) is 6.05. The third-order valence-corrected chi connectivity index (χ3v) is 5.60. The molecular formula is C17H21IN4O4S. The first-order valence-electron chi connectivity index (χ1n) is 8.20. The molecule has 0 atom stereocenters. The van der Waals surface area contributed by atoms with Crippen LogP contribution in [0, 0.1) is 10.5 Å². The number of carbonyl (C=O) groups excluding carboxylic acids is 3. The highest BCUT2D eigenvalue weighted by Crippen LogP contribution is 2.35. The second kappa shape index (κ2) is 8.83. The van der Waals surface area contributed by atoms with E-state index in [4.69, 9.17) is 4.74 Å². The van der Waals surface area contributed by atoms with Gasteiger partial charge in [0, 0.05) is 27.3 Å². The van der Waals surface area contributed by atoms with Crippen LogP contribution in [0.4, 0.5) is 5.00 Å². The summed E-state index contributed by atoms with van der Waals surface area (Å²) in [5.74, 6) is -1.25. The van der Waals surface area contributed by atoms with Crippen molar-refractivity contribution in [1.29, 1.82) is 0 Å². The smallest absolute Gasteiger partial charge is 0.341 e. The van der Waals surface area contributed by atoms with E-state index in [1.165, 1.54) is 9.58 Å². The predicted octanol–water partition coefficient (Wildman–Crippen LogP) is 2.92. The first-order chi connectivity index (χ1) is 12.7. The van der Waals surface area contributed by atoms with Crippen LogP contribution in [0.5, 0.6) is 0 Å². The summed E-state index contributed by atoms with van der Waals surface area (Å²) in [4.78, 5) is 39.4. The molecule has 0 saturated carbocycles. The van der Waals surface area contributed by atoms with Crippen molar-refractivity contribution in [2.24, 2.45) is 7.05 Å². The lowest BCUT2D eigenvalue weighted by atomic mass is 10.1. The molecule has 10 heteroatoms. The summed E-state index contributed by atoms with van der Waals surface area (Å²) in [6.45, 7) is 3.83. The van der Waals surface area contributed by atoms with Crippen LogP contribution < -0.4 is 5.32 Å². The van der Waals surface area contributed by atoms with E-state index in [1.54, 1.807) is 34.3 Å². The number of rotatable bonds is 6. The number of ether oxygens (including phenoxy) is 1. The van der Waals surface area contributed by atoms with Crippen LogP contribution in [0.2, 0.25) is 0 Å². The van der Waals surface area contributed by atoms with Crippen molar-refractivity contribution in [3.63, 3.8) is 0 Å². The Morgan fingerprint density at radius 3 is 2.56 bits per heavy atom. The standard InChI is InChI=1S/C17H21IN4O4S/c1-6-7-26-17(25)11-9(2)13(16(24)21(3)4)27-15(11)19-14(23)12-10(18)8-22(5)20-12/h8H,6-7H2,1-5H3,(H,19,23). The minimum Gasteiger partial charge on any atom is -0.462 e. The summed E-state index contributed by atoms with van der Waals surface area (Å²) < 4.78 is 7.45. The van der Waals surface area contributed by atoms with E-state index in [0.29, 0.717) is 20.4 Å². The van der Waals surface area contributed by atoms with Crippen molar-refractivity contribution in [1.82, 2.24) is 14.7 Å². The molecule has 0 fully saturated rings. The van der Waals surface area contributed by atoms with Gasteiger partial charge in [-0.15, -0.1) is 11.3 Å². The van der Waals surface area contributed by atoms with Gasteiger partial charge in [-0.1, -0.05) is 6.92 Å². The molecule has 0 saturated heterocycles. The number of nitrogens with zero attached hydrogens (tertiary/aromatic N) is 3. The van der Waals surface area contributed by atoms with E-state index in [9.17, 15) is 14.4 Å². The first kappa shape index (κ1) is 21.4. The number of nitrogens with one attached hydrogen (secondary N) is 1. The molecule has 0 unspecified atom stereocenters. The zero-order valence-electron chi connectivity index (χ0n) is 15.8. The fourth-order valence-electron chi connectivity index (χ4n) is 2.30. The summed E-state index contributed by atoms with van der Waals surface area (Å²) in [6, 6.07) is 0. The van der Waals surface area contributed by atoms with E-state index in [-0.39, 0.29) is 28.8 Å². The van der Waals surface area contributed by atoms with E-state index >= 15 is 0 Å². The number of amides is 2. The van der Waals surface area contributed by atoms with E-state index in [1.807, 2.05) is 29.5 Å².